The van der Waals surface area contributed by atoms with Crippen LogP contribution >= 0.6 is 0 Å². The molecule has 2 aromatic carbocycles. The van der Waals surface area contributed by atoms with Gasteiger partial charge in [-0.1, -0.05) is 48.5 Å². The van der Waals surface area contributed by atoms with E-state index in [0.717, 1.165) is 35.1 Å². The van der Waals surface area contributed by atoms with E-state index in [2.05, 4.69) is 17.4 Å². The number of piperidine rings is 2. The molecule has 4 aliphatic rings. The first-order valence-corrected chi connectivity index (χ1v) is 12.2. The molecule has 8 nitrogen and oxygen atoms in total. The summed E-state index contributed by atoms with van der Waals surface area (Å²) in [7, 11) is 0. The van der Waals surface area contributed by atoms with Crippen LogP contribution < -0.4 is 5.32 Å². The van der Waals surface area contributed by atoms with Gasteiger partial charge in [-0.15, -0.1) is 0 Å². The van der Waals surface area contributed by atoms with Gasteiger partial charge < -0.3 is 25.2 Å². The lowest BCUT2D eigenvalue weighted by Crippen LogP contribution is -2.64. The molecule has 2 saturated heterocycles. The average Bonchev–Trinajstić information content (AvgIpc) is 3.20. The van der Waals surface area contributed by atoms with Gasteiger partial charge in [0.25, 0.3) is 0 Å². The van der Waals surface area contributed by atoms with Crippen molar-refractivity contribution in [2.24, 2.45) is 5.92 Å². The second-order valence-electron chi connectivity index (χ2n) is 9.85. The molecule has 2 heterocycles. The molecule has 0 spiro atoms. The van der Waals surface area contributed by atoms with Crippen molar-refractivity contribution in [2.45, 2.75) is 49.7 Å². The third kappa shape index (κ3) is 4.27. The van der Waals surface area contributed by atoms with Crippen LogP contribution in [0.25, 0.3) is 11.1 Å². The normalized spacial score (nSPS) is 23.3. The van der Waals surface area contributed by atoms with Crippen LogP contribution in [0.4, 0.5) is 4.79 Å². The van der Waals surface area contributed by atoms with Crippen LogP contribution in [-0.2, 0) is 14.3 Å². The summed E-state index contributed by atoms with van der Waals surface area (Å²) in [6.45, 7) is 0.419. The number of rotatable bonds is 7. The van der Waals surface area contributed by atoms with Crippen molar-refractivity contribution in [1.82, 2.24) is 10.2 Å². The first-order valence-electron chi connectivity index (χ1n) is 12.2. The van der Waals surface area contributed by atoms with Gasteiger partial charge in [-0.05, 0) is 53.9 Å². The van der Waals surface area contributed by atoms with E-state index < -0.39 is 29.6 Å². The monoisotopic (exact) mass is 478 g/mol. The van der Waals surface area contributed by atoms with Gasteiger partial charge >= 0.3 is 12.1 Å². The Balaban J connectivity index is 1.13. The van der Waals surface area contributed by atoms with Crippen molar-refractivity contribution in [3.63, 3.8) is 0 Å². The summed E-state index contributed by atoms with van der Waals surface area (Å²) in [5, 5.41) is 22.7. The molecule has 2 bridgehead atoms. The summed E-state index contributed by atoms with van der Waals surface area (Å²) in [6.07, 6.45) is 0.473. The molecule has 2 amide bonds. The number of carboxylic acid groups (broad SMARTS) is 1. The Morgan fingerprint density at radius 2 is 1.63 bits per heavy atom. The van der Waals surface area contributed by atoms with Crippen LogP contribution in [-0.4, -0.2) is 64.4 Å². The Kier molecular flexibility index (Phi) is 6.23. The third-order valence-corrected chi connectivity index (χ3v) is 7.82. The number of ether oxygens (including phenoxy) is 1. The molecule has 6 rings (SSSR count). The first kappa shape index (κ1) is 23.4. The predicted molar refractivity (Wildman–Crippen MR) is 128 cm³/mol. The fourth-order valence-electron chi connectivity index (χ4n) is 5.94. The standard InChI is InChI=1S/C27H30N2O6/c30-18(13-24(31)29-15-17-9-11-27(29,12-10-17)25(32)33)14-28-26(34)35-16-23-21-7-3-1-5-19(21)20-6-2-4-8-22(20)23/h1-8,17-18,23,30H,9-16H2,(H,28,34)(H,32,33). The summed E-state index contributed by atoms with van der Waals surface area (Å²) in [4.78, 5) is 38.6. The molecular weight excluding hydrogens is 448 g/mol. The maximum atomic E-state index is 12.8. The highest BCUT2D eigenvalue weighted by Crippen LogP contribution is 2.45. The number of nitrogens with zero attached hydrogens (tertiary/aromatic N) is 1. The number of carboxylic acids is 1. The van der Waals surface area contributed by atoms with Crippen molar-refractivity contribution in [1.29, 1.82) is 0 Å². The zero-order valence-corrected chi connectivity index (χ0v) is 19.5. The molecule has 35 heavy (non-hydrogen) atoms. The Hall–Kier alpha value is -3.39. The fraction of sp³-hybridized carbons (Fsp3) is 0.444. The summed E-state index contributed by atoms with van der Waals surface area (Å²) in [6, 6.07) is 16.1. The Morgan fingerprint density at radius 3 is 2.23 bits per heavy atom. The van der Waals surface area contributed by atoms with Gasteiger partial charge in [0, 0.05) is 19.0 Å². The molecule has 1 saturated carbocycles. The van der Waals surface area contributed by atoms with Crippen LogP contribution in [0.1, 0.15) is 49.1 Å². The zero-order chi connectivity index (χ0) is 24.6. The van der Waals surface area contributed by atoms with Crippen molar-refractivity contribution >= 4 is 18.0 Å². The highest BCUT2D eigenvalue weighted by atomic mass is 16.5. The number of carbonyl (C=O) groups excluding carboxylic acids is 2. The first-order chi connectivity index (χ1) is 16.9. The summed E-state index contributed by atoms with van der Waals surface area (Å²) < 4.78 is 5.46. The number of carbonyl (C=O) groups is 3. The number of aliphatic carboxylic acids is 1. The molecule has 1 atom stereocenters. The van der Waals surface area contributed by atoms with E-state index in [1.807, 2.05) is 36.4 Å². The lowest BCUT2D eigenvalue weighted by atomic mass is 9.70. The molecule has 2 aliphatic heterocycles. The molecule has 184 valence electrons. The number of fused-ring (bicyclic) bond motifs is 6. The van der Waals surface area contributed by atoms with E-state index in [1.54, 1.807) is 0 Å². The predicted octanol–water partition coefficient (Wildman–Crippen LogP) is 3.13. The maximum absolute atomic E-state index is 12.8. The molecular formula is C27H30N2O6. The largest absolute Gasteiger partial charge is 0.479 e. The number of benzene rings is 2. The highest BCUT2D eigenvalue weighted by molar-refractivity contribution is 5.88. The lowest BCUT2D eigenvalue weighted by molar-refractivity contribution is -0.171. The van der Waals surface area contributed by atoms with E-state index >= 15 is 0 Å². The molecule has 1 unspecified atom stereocenters. The van der Waals surface area contributed by atoms with Gasteiger partial charge in [-0.3, -0.25) is 4.79 Å². The minimum absolute atomic E-state index is 0.0682. The van der Waals surface area contributed by atoms with Crippen molar-refractivity contribution in [3.8, 4) is 11.1 Å². The van der Waals surface area contributed by atoms with E-state index in [-0.39, 0.29) is 25.5 Å². The van der Waals surface area contributed by atoms with Crippen molar-refractivity contribution in [2.75, 3.05) is 19.7 Å². The molecule has 2 aliphatic carbocycles. The van der Waals surface area contributed by atoms with Gasteiger partial charge in [0.15, 0.2) is 0 Å². The quantitative estimate of drug-likeness (QED) is 0.563. The van der Waals surface area contributed by atoms with Crippen LogP contribution in [0.3, 0.4) is 0 Å². The van der Waals surface area contributed by atoms with Crippen molar-refractivity contribution < 1.29 is 29.3 Å². The van der Waals surface area contributed by atoms with E-state index in [4.69, 9.17) is 4.74 Å². The van der Waals surface area contributed by atoms with E-state index in [0.29, 0.717) is 25.3 Å². The van der Waals surface area contributed by atoms with Crippen molar-refractivity contribution in [3.05, 3.63) is 59.7 Å². The lowest BCUT2D eigenvalue weighted by Gasteiger charge is -2.52. The van der Waals surface area contributed by atoms with E-state index in [1.165, 1.54) is 4.90 Å². The van der Waals surface area contributed by atoms with Crippen LogP contribution in [0.5, 0.6) is 0 Å². The SMILES string of the molecule is O=C(NCC(O)CC(=O)N1CC2CCC1(C(=O)O)CC2)OCC1c2ccccc2-c2ccccc21. The summed E-state index contributed by atoms with van der Waals surface area (Å²) in [5.74, 6) is -1.12. The van der Waals surface area contributed by atoms with Crippen LogP contribution in [0.15, 0.2) is 48.5 Å². The number of hydrogen-bond acceptors (Lipinski definition) is 5. The molecule has 3 fully saturated rings. The second kappa shape index (κ2) is 9.34. The summed E-state index contributed by atoms with van der Waals surface area (Å²) in [5.41, 5.74) is 3.32. The fourth-order valence-corrected chi connectivity index (χ4v) is 5.94. The molecule has 2 aromatic rings. The topological polar surface area (TPSA) is 116 Å². The Morgan fingerprint density at radius 1 is 1.03 bits per heavy atom. The van der Waals surface area contributed by atoms with E-state index in [9.17, 15) is 24.6 Å². The highest BCUT2D eigenvalue weighted by Gasteiger charge is 2.53. The molecule has 0 radical (unpaired) electrons. The number of aliphatic hydroxyl groups excluding tert-OH is 1. The smallest absolute Gasteiger partial charge is 0.407 e. The Labute approximate surface area is 203 Å². The number of aliphatic hydroxyl groups is 1. The van der Waals surface area contributed by atoms with Crippen LogP contribution in [0.2, 0.25) is 0 Å². The van der Waals surface area contributed by atoms with Gasteiger partial charge in [-0.25, -0.2) is 9.59 Å². The zero-order valence-electron chi connectivity index (χ0n) is 19.5. The van der Waals surface area contributed by atoms with Gasteiger partial charge in [0.2, 0.25) is 5.91 Å². The molecule has 8 heteroatoms. The number of alkyl carbamates (subject to hydrolysis) is 1. The Bertz CT molecular complexity index is 1090. The number of amides is 2. The molecule has 0 aromatic heterocycles. The minimum atomic E-state index is -1.16. The second-order valence-corrected chi connectivity index (χ2v) is 9.85. The van der Waals surface area contributed by atoms with Gasteiger partial charge in [-0.2, -0.15) is 0 Å². The van der Waals surface area contributed by atoms with Gasteiger partial charge in [0.1, 0.15) is 12.1 Å². The minimum Gasteiger partial charge on any atom is -0.479 e. The average molecular weight is 479 g/mol. The number of nitrogens with one attached hydrogen (secondary N) is 1. The van der Waals surface area contributed by atoms with Gasteiger partial charge in [0.05, 0.1) is 12.5 Å². The molecule has 3 N–H and O–H groups in total. The third-order valence-electron chi connectivity index (χ3n) is 7.82. The van der Waals surface area contributed by atoms with Crippen LogP contribution in [0, 0.1) is 5.92 Å². The number of hydrogen-bond donors (Lipinski definition) is 3. The summed E-state index contributed by atoms with van der Waals surface area (Å²) >= 11 is 0. The maximum Gasteiger partial charge on any atom is 0.407 e.